The Balaban J connectivity index is 2.17. The van der Waals surface area contributed by atoms with E-state index < -0.39 is 0 Å². The third-order valence-electron chi connectivity index (χ3n) is 1.31. The Bertz CT molecular complexity index is 151. The zero-order chi connectivity index (χ0) is 8.10. The lowest BCUT2D eigenvalue weighted by Gasteiger charge is -2.04. The molecule has 5 heteroatoms. The lowest BCUT2D eigenvalue weighted by Crippen LogP contribution is -2.26. The maximum absolute atomic E-state index is 5.34. The molecule has 0 aromatic heterocycles. The third-order valence-corrected chi connectivity index (χ3v) is 3.67. The predicted molar refractivity (Wildman–Crippen MR) is 54.5 cm³/mol. The zero-order valence-corrected chi connectivity index (χ0v) is 8.62. The largest absolute Gasteiger partial charge is 0.364 e. The fraction of sp³-hybridized carbons (Fsp3) is 0.833. The van der Waals surface area contributed by atoms with Gasteiger partial charge in [-0.15, -0.1) is 0 Å². The smallest absolute Gasteiger partial charge is 0.156 e. The Labute approximate surface area is 79.3 Å². The van der Waals surface area contributed by atoms with Gasteiger partial charge in [0.05, 0.1) is 6.54 Å². The molecule has 0 saturated carbocycles. The van der Waals surface area contributed by atoms with Crippen LogP contribution < -0.4 is 11.1 Å². The van der Waals surface area contributed by atoms with Crippen molar-refractivity contribution in [1.82, 2.24) is 5.32 Å². The normalized spacial score (nSPS) is 23.5. The molecule has 1 rings (SSSR count). The molecule has 1 aliphatic rings. The SMILES string of the molecule is NCCNC1=NCC(CBr)S1. The summed E-state index contributed by atoms with van der Waals surface area (Å²) in [6, 6.07) is 0. The van der Waals surface area contributed by atoms with Crippen molar-refractivity contribution in [3.8, 4) is 0 Å². The number of nitrogens with one attached hydrogen (secondary N) is 1. The molecule has 0 radical (unpaired) electrons. The van der Waals surface area contributed by atoms with Crippen LogP contribution in [0.15, 0.2) is 4.99 Å². The Morgan fingerprint density at radius 1 is 1.82 bits per heavy atom. The molecule has 0 aromatic rings. The maximum atomic E-state index is 5.34. The second-order valence-corrected chi connectivity index (χ2v) is 4.19. The molecule has 1 aliphatic heterocycles. The average Bonchev–Trinajstić information content (AvgIpc) is 2.48. The van der Waals surface area contributed by atoms with Crippen LogP contribution in [-0.2, 0) is 0 Å². The molecule has 3 nitrogen and oxygen atoms in total. The topological polar surface area (TPSA) is 50.4 Å². The predicted octanol–water partition coefficient (Wildman–Crippen LogP) is 0.401. The standard InChI is InChI=1S/C6H12BrN3S/c7-3-5-4-10-6(11-5)9-2-1-8/h5H,1-4,8H2,(H,9,10). The summed E-state index contributed by atoms with van der Waals surface area (Å²) < 4.78 is 0. The van der Waals surface area contributed by atoms with E-state index in [-0.39, 0.29) is 0 Å². The number of hydrogen-bond acceptors (Lipinski definition) is 4. The first-order valence-electron chi connectivity index (χ1n) is 3.58. The summed E-state index contributed by atoms with van der Waals surface area (Å²) >= 11 is 5.21. The van der Waals surface area contributed by atoms with Crippen LogP contribution in [-0.4, -0.2) is 35.4 Å². The first kappa shape index (κ1) is 9.35. The first-order valence-corrected chi connectivity index (χ1v) is 5.58. The van der Waals surface area contributed by atoms with E-state index in [2.05, 4.69) is 26.2 Å². The summed E-state index contributed by atoms with van der Waals surface area (Å²) in [6.07, 6.45) is 0. The van der Waals surface area contributed by atoms with Crippen LogP contribution in [0.1, 0.15) is 0 Å². The van der Waals surface area contributed by atoms with Gasteiger partial charge in [-0.05, 0) is 0 Å². The summed E-state index contributed by atoms with van der Waals surface area (Å²) in [6.45, 7) is 2.40. The zero-order valence-electron chi connectivity index (χ0n) is 6.22. The Morgan fingerprint density at radius 2 is 2.64 bits per heavy atom. The van der Waals surface area contributed by atoms with Crippen LogP contribution in [0, 0.1) is 0 Å². The van der Waals surface area contributed by atoms with Gasteiger partial charge in [-0.25, -0.2) is 0 Å². The van der Waals surface area contributed by atoms with Crippen molar-refractivity contribution in [3.63, 3.8) is 0 Å². The number of alkyl halides is 1. The van der Waals surface area contributed by atoms with Gasteiger partial charge >= 0.3 is 0 Å². The molecule has 0 saturated heterocycles. The fourth-order valence-electron chi connectivity index (χ4n) is 0.774. The highest BCUT2D eigenvalue weighted by Gasteiger charge is 2.17. The van der Waals surface area contributed by atoms with Crippen LogP contribution in [0.25, 0.3) is 0 Å². The summed E-state index contributed by atoms with van der Waals surface area (Å²) in [7, 11) is 0. The monoisotopic (exact) mass is 237 g/mol. The molecule has 1 atom stereocenters. The van der Waals surface area contributed by atoms with Gasteiger partial charge in [-0.2, -0.15) is 0 Å². The van der Waals surface area contributed by atoms with Crippen molar-refractivity contribution in [2.75, 3.05) is 25.0 Å². The molecule has 0 aliphatic carbocycles. The summed E-state index contributed by atoms with van der Waals surface area (Å²) in [5.41, 5.74) is 5.34. The number of nitrogens with zero attached hydrogens (tertiary/aromatic N) is 1. The highest BCUT2D eigenvalue weighted by atomic mass is 79.9. The van der Waals surface area contributed by atoms with Crippen molar-refractivity contribution in [2.24, 2.45) is 10.7 Å². The van der Waals surface area contributed by atoms with Gasteiger partial charge < -0.3 is 11.1 Å². The van der Waals surface area contributed by atoms with Gasteiger partial charge in [0.15, 0.2) is 5.17 Å². The van der Waals surface area contributed by atoms with E-state index in [1.807, 2.05) is 0 Å². The van der Waals surface area contributed by atoms with E-state index >= 15 is 0 Å². The Hall–Kier alpha value is 0.260. The second-order valence-electron chi connectivity index (χ2n) is 2.26. The van der Waals surface area contributed by atoms with Gasteiger partial charge in [0, 0.05) is 23.7 Å². The van der Waals surface area contributed by atoms with Crippen molar-refractivity contribution < 1.29 is 0 Å². The number of nitrogens with two attached hydrogens (primary N) is 1. The molecular formula is C6H12BrN3S. The highest BCUT2D eigenvalue weighted by Crippen LogP contribution is 2.20. The highest BCUT2D eigenvalue weighted by molar-refractivity contribution is 9.09. The van der Waals surface area contributed by atoms with Crippen molar-refractivity contribution in [3.05, 3.63) is 0 Å². The van der Waals surface area contributed by atoms with E-state index in [1.165, 1.54) is 0 Å². The van der Waals surface area contributed by atoms with Crippen LogP contribution >= 0.6 is 27.7 Å². The van der Waals surface area contributed by atoms with Crippen LogP contribution in [0.5, 0.6) is 0 Å². The maximum Gasteiger partial charge on any atom is 0.156 e. The molecule has 0 spiro atoms. The number of rotatable bonds is 3. The van der Waals surface area contributed by atoms with Gasteiger partial charge in [-0.3, -0.25) is 4.99 Å². The van der Waals surface area contributed by atoms with E-state index in [9.17, 15) is 0 Å². The number of hydrogen-bond donors (Lipinski definition) is 2. The van der Waals surface area contributed by atoms with E-state index in [0.717, 1.165) is 23.6 Å². The summed E-state index contributed by atoms with van der Waals surface area (Å²) in [4.78, 5) is 4.31. The summed E-state index contributed by atoms with van der Waals surface area (Å²) in [5.74, 6) is 0. The molecule has 0 amide bonds. The van der Waals surface area contributed by atoms with Crippen molar-refractivity contribution >= 4 is 32.9 Å². The fourth-order valence-corrected chi connectivity index (χ4v) is 2.24. The number of amidine groups is 1. The Kier molecular flexibility index (Phi) is 4.25. The Morgan fingerprint density at radius 3 is 3.18 bits per heavy atom. The summed E-state index contributed by atoms with van der Waals surface area (Å²) in [5, 5.41) is 5.82. The van der Waals surface area contributed by atoms with Gasteiger partial charge in [-0.1, -0.05) is 27.7 Å². The molecule has 3 N–H and O–H groups in total. The second kappa shape index (κ2) is 5.00. The average molecular weight is 238 g/mol. The minimum atomic E-state index is 0.607. The van der Waals surface area contributed by atoms with E-state index in [0.29, 0.717) is 11.8 Å². The number of thioether (sulfide) groups is 1. The van der Waals surface area contributed by atoms with Crippen molar-refractivity contribution in [2.45, 2.75) is 5.25 Å². The third kappa shape index (κ3) is 3.01. The first-order chi connectivity index (χ1) is 5.36. The molecule has 0 bridgehead atoms. The molecule has 11 heavy (non-hydrogen) atoms. The molecular weight excluding hydrogens is 226 g/mol. The molecule has 1 heterocycles. The van der Waals surface area contributed by atoms with Gasteiger partial charge in [0.2, 0.25) is 0 Å². The van der Waals surface area contributed by atoms with Crippen LogP contribution in [0.3, 0.4) is 0 Å². The van der Waals surface area contributed by atoms with Crippen LogP contribution in [0.2, 0.25) is 0 Å². The molecule has 1 unspecified atom stereocenters. The quantitative estimate of drug-likeness (QED) is 0.700. The number of halogens is 1. The number of aliphatic imine (C=N–C) groups is 1. The van der Waals surface area contributed by atoms with Crippen LogP contribution in [0.4, 0.5) is 0 Å². The van der Waals surface area contributed by atoms with Gasteiger partial charge in [0.25, 0.3) is 0 Å². The lowest BCUT2D eigenvalue weighted by atomic mass is 10.5. The molecule has 0 aromatic carbocycles. The van der Waals surface area contributed by atoms with E-state index in [4.69, 9.17) is 5.73 Å². The van der Waals surface area contributed by atoms with Gasteiger partial charge in [0.1, 0.15) is 0 Å². The van der Waals surface area contributed by atoms with E-state index in [1.54, 1.807) is 11.8 Å². The minimum Gasteiger partial charge on any atom is -0.364 e. The molecule has 0 fully saturated rings. The van der Waals surface area contributed by atoms with Crippen molar-refractivity contribution in [1.29, 1.82) is 0 Å². The minimum absolute atomic E-state index is 0.607. The lowest BCUT2D eigenvalue weighted by molar-refractivity contribution is 0.879. The molecule has 64 valence electrons.